The molecule has 0 fully saturated rings. The first kappa shape index (κ1) is 23.0. The Bertz CT molecular complexity index is 1340. The molecule has 0 atom stereocenters. The Labute approximate surface area is 198 Å². The van der Waals surface area contributed by atoms with Crippen molar-refractivity contribution in [3.05, 3.63) is 70.8 Å². The van der Waals surface area contributed by atoms with Gasteiger partial charge in [-0.05, 0) is 46.7 Å². The number of rotatable bonds is 7. The third kappa shape index (κ3) is 5.24. The normalized spacial score (nSPS) is 10.6. The highest BCUT2D eigenvalue weighted by atomic mass is 32.1. The van der Waals surface area contributed by atoms with Gasteiger partial charge in [0.05, 0.1) is 26.2 Å². The zero-order chi connectivity index (χ0) is 24.1. The number of hydrogen-bond donors (Lipinski definition) is 2. The molecule has 0 unspecified atom stereocenters. The Hall–Kier alpha value is -4.18. The van der Waals surface area contributed by atoms with Crippen molar-refractivity contribution in [3.8, 4) is 23.0 Å². The molecule has 0 saturated heterocycles. The molecule has 2 heterocycles. The molecule has 0 saturated carbocycles. The number of nitrogens with zero attached hydrogens (tertiary/aromatic N) is 1. The maximum atomic E-state index is 14.7. The minimum Gasteiger partial charge on any atom is -0.493 e. The third-order valence-electron chi connectivity index (χ3n) is 4.81. The summed E-state index contributed by atoms with van der Waals surface area (Å²) in [6.45, 7) is 0. The molecule has 174 valence electrons. The van der Waals surface area contributed by atoms with E-state index in [-0.39, 0.29) is 17.9 Å². The van der Waals surface area contributed by atoms with Crippen molar-refractivity contribution in [1.29, 1.82) is 0 Å². The Balaban J connectivity index is 1.47. The second-order valence-corrected chi connectivity index (χ2v) is 7.87. The standard InChI is InChI=1S/C24H20FN3O5S/c1-31-21-11-16-18(12-22(21)32-2)26-7-5-19(16)33-20-4-3-15(10-17(20)25)27-24(30)28-23(29)9-14-6-8-34-13-14/h3-8,10-13H,9H2,1-2H3,(H2,27,28,29,30). The number of fused-ring (bicyclic) bond motifs is 1. The second kappa shape index (κ2) is 10.2. The molecule has 34 heavy (non-hydrogen) atoms. The van der Waals surface area contributed by atoms with Crippen LogP contribution in [0, 0.1) is 5.82 Å². The number of aromatic nitrogens is 1. The fraction of sp³-hybridized carbons (Fsp3) is 0.125. The summed E-state index contributed by atoms with van der Waals surface area (Å²) in [4.78, 5) is 28.3. The summed E-state index contributed by atoms with van der Waals surface area (Å²) in [6, 6.07) is 9.99. The number of methoxy groups -OCH3 is 2. The molecule has 0 aliphatic carbocycles. The lowest BCUT2D eigenvalue weighted by molar-refractivity contribution is -0.119. The summed E-state index contributed by atoms with van der Waals surface area (Å²) in [6.07, 6.45) is 1.61. The number of urea groups is 1. The molecule has 4 aromatic rings. The molecule has 10 heteroatoms. The van der Waals surface area contributed by atoms with E-state index in [1.165, 1.54) is 43.9 Å². The number of nitrogens with one attached hydrogen (secondary N) is 2. The molecule has 0 aliphatic heterocycles. The number of thiophene rings is 1. The first-order valence-electron chi connectivity index (χ1n) is 10.1. The lowest BCUT2D eigenvalue weighted by Gasteiger charge is -2.13. The number of anilines is 1. The molecule has 4 rings (SSSR count). The van der Waals surface area contributed by atoms with Crippen LogP contribution in [0.1, 0.15) is 5.56 Å². The number of ether oxygens (including phenoxy) is 3. The van der Waals surface area contributed by atoms with Gasteiger partial charge >= 0.3 is 6.03 Å². The lowest BCUT2D eigenvalue weighted by Crippen LogP contribution is -2.35. The number of halogens is 1. The molecule has 0 spiro atoms. The highest BCUT2D eigenvalue weighted by Crippen LogP contribution is 2.37. The van der Waals surface area contributed by atoms with Crippen LogP contribution < -0.4 is 24.8 Å². The van der Waals surface area contributed by atoms with Crippen LogP contribution in [0.3, 0.4) is 0 Å². The number of amides is 3. The van der Waals surface area contributed by atoms with Gasteiger partial charge in [0.25, 0.3) is 0 Å². The smallest absolute Gasteiger partial charge is 0.325 e. The Morgan fingerprint density at radius 2 is 1.79 bits per heavy atom. The number of carbonyl (C=O) groups is 2. The Kier molecular flexibility index (Phi) is 6.88. The summed E-state index contributed by atoms with van der Waals surface area (Å²) >= 11 is 1.46. The number of benzene rings is 2. The van der Waals surface area contributed by atoms with Crippen molar-refractivity contribution in [2.75, 3.05) is 19.5 Å². The molecule has 0 bridgehead atoms. The van der Waals surface area contributed by atoms with Gasteiger partial charge in [-0.1, -0.05) is 0 Å². The van der Waals surface area contributed by atoms with Crippen LogP contribution in [0.5, 0.6) is 23.0 Å². The monoisotopic (exact) mass is 481 g/mol. The van der Waals surface area contributed by atoms with Gasteiger partial charge in [0.2, 0.25) is 5.91 Å². The van der Waals surface area contributed by atoms with Gasteiger partial charge in [-0.25, -0.2) is 9.18 Å². The largest absolute Gasteiger partial charge is 0.493 e. The van der Waals surface area contributed by atoms with Gasteiger partial charge in [0, 0.05) is 29.4 Å². The van der Waals surface area contributed by atoms with E-state index in [1.807, 2.05) is 10.8 Å². The Morgan fingerprint density at radius 3 is 2.50 bits per heavy atom. The number of pyridine rings is 1. The fourth-order valence-electron chi connectivity index (χ4n) is 3.23. The van der Waals surface area contributed by atoms with E-state index in [0.717, 1.165) is 11.6 Å². The predicted octanol–water partition coefficient (Wildman–Crippen LogP) is 5.14. The topological polar surface area (TPSA) is 98.8 Å². The maximum Gasteiger partial charge on any atom is 0.325 e. The van der Waals surface area contributed by atoms with E-state index in [9.17, 15) is 14.0 Å². The van der Waals surface area contributed by atoms with E-state index in [2.05, 4.69) is 15.6 Å². The van der Waals surface area contributed by atoms with Crippen LogP contribution in [0.4, 0.5) is 14.9 Å². The SMILES string of the molecule is COc1cc2nccc(Oc3ccc(NC(=O)NC(=O)Cc4ccsc4)cc3F)c2cc1OC. The summed E-state index contributed by atoms with van der Waals surface area (Å²) in [5, 5.41) is 8.92. The highest BCUT2D eigenvalue weighted by Gasteiger charge is 2.14. The van der Waals surface area contributed by atoms with Crippen LogP contribution in [0.15, 0.2) is 59.4 Å². The predicted molar refractivity (Wildman–Crippen MR) is 127 cm³/mol. The maximum absolute atomic E-state index is 14.7. The van der Waals surface area contributed by atoms with E-state index in [0.29, 0.717) is 28.2 Å². The van der Waals surface area contributed by atoms with Gasteiger partial charge in [-0.15, -0.1) is 0 Å². The first-order chi connectivity index (χ1) is 16.5. The minimum absolute atomic E-state index is 0.0539. The molecule has 3 amide bonds. The molecule has 2 aromatic carbocycles. The van der Waals surface area contributed by atoms with Crippen molar-refractivity contribution in [3.63, 3.8) is 0 Å². The van der Waals surface area contributed by atoms with Crippen LogP contribution in [-0.2, 0) is 11.2 Å². The van der Waals surface area contributed by atoms with Gasteiger partial charge in [-0.2, -0.15) is 11.3 Å². The van der Waals surface area contributed by atoms with Crippen LogP contribution in [0.2, 0.25) is 0 Å². The highest BCUT2D eigenvalue weighted by molar-refractivity contribution is 7.08. The van der Waals surface area contributed by atoms with E-state index >= 15 is 0 Å². The Morgan fingerprint density at radius 1 is 1.00 bits per heavy atom. The van der Waals surface area contributed by atoms with Crippen LogP contribution in [0.25, 0.3) is 10.9 Å². The molecule has 2 N–H and O–H groups in total. The zero-order valence-electron chi connectivity index (χ0n) is 18.3. The molecule has 0 radical (unpaired) electrons. The van der Waals surface area contributed by atoms with Gasteiger partial charge in [-0.3, -0.25) is 15.1 Å². The molecule has 8 nitrogen and oxygen atoms in total. The van der Waals surface area contributed by atoms with Crippen molar-refractivity contribution in [1.82, 2.24) is 10.3 Å². The van der Waals surface area contributed by atoms with Gasteiger partial charge in [0.15, 0.2) is 23.1 Å². The molecular weight excluding hydrogens is 461 g/mol. The zero-order valence-corrected chi connectivity index (χ0v) is 19.1. The second-order valence-electron chi connectivity index (χ2n) is 7.09. The summed E-state index contributed by atoms with van der Waals surface area (Å²) in [5.41, 5.74) is 1.55. The fourth-order valence-corrected chi connectivity index (χ4v) is 3.90. The molecular formula is C24H20FN3O5S. The quantitative estimate of drug-likeness (QED) is 0.379. The average molecular weight is 482 g/mol. The van der Waals surface area contributed by atoms with Crippen LogP contribution >= 0.6 is 11.3 Å². The van der Waals surface area contributed by atoms with E-state index in [4.69, 9.17) is 14.2 Å². The van der Waals surface area contributed by atoms with Crippen molar-refractivity contribution >= 4 is 39.9 Å². The van der Waals surface area contributed by atoms with Crippen LogP contribution in [-0.4, -0.2) is 31.1 Å². The summed E-state index contributed by atoms with van der Waals surface area (Å²) in [7, 11) is 3.03. The molecule has 2 aromatic heterocycles. The number of imide groups is 1. The van der Waals surface area contributed by atoms with Crippen molar-refractivity contribution < 1.29 is 28.2 Å². The first-order valence-corrected chi connectivity index (χ1v) is 11.0. The number of carbonyl (C=O) groups excluding carboxylic acids is 2. The minimum atomic E-state index is -0.755. The number of hydrogen-bond acceptors (Lipinski definition) is 7. The summed E-state index contributed by atoms with van der Waals surface area (Å²) in [5.74, 6) is 0.130. The third-order valence-corrected chi connectivity index (χ3v) is 5.55. The van der Waals surface area contributed by atoms with Crippen molar-refractivity contribution in [2.24, 2.45) is 0 Å². The summed E-state index contributed by atoms with van der Waals surface area (Å²) < 4.78 is 31.1. The van der Waals surface area contributed by atoms with Gasteiger partial charge < -0.3 is 19.5 Å². The van der Waals surface area contributed by atoms with E-state index < -0.39 is 17.8 Å². The van der Waals surface area contributed by atoms with E-state index in [1.54, 1.807) is 24.3 Å². The molecule has 0 aliphatic rings. The average Bonchev–Trinajstić information content (AvgIpc) is 3.32. The van der Waals surface area contributed by atoms with Crippen molar-refractivity contribution in [2.45, 2.75) is 6.42 Å². The lowest BCUT2D eigenvalue weighted by atomic mass is 10.2. The van der Waals surface area contributed by atoms with Gasteiger partial charge in [0.1, 0.15) is 5.75 Å².